The summed E-state index contributed by atoms with van der Waals surface area (Å²) in [5.41, 5.74) is 0. The van der Waals surface area contributed by atoms with Crippen molar-refractivity contribution in [2.75, 3.05) is 41.0 Å². The highest BCUT2D eigenvalue weighted by Crippen LogP contribution is 2.14. The Hall–Kier alpha value is -2.19. The van der Waals surface area contributed by atoms with E-state index in [1.165, 1.54) is 103 Å². The van der Waals surface area contributed by atoms with Gasteiger partial charge in [-0.05, 0) is 44.9 Å². The van der Waals surface area contributed by atoms with E-state index in [0.29, 0.717) is 19.3 Å². The Kier molecular flexibility index (Phi) is 33.4. The summed E-state index contributed by atoms with van der Waals surface area (Å²) >= 11 is 0. The Bertz CT molecular complexity index is 895. The summed E-state index contributed by atoms with van der Waals surface area (Å²) in [4.78, 5) is 36.6. The fourth-order valence-electron chi connectivity index (χ4n) is 6.06. The van der Waals surface area contributed by atoms with Crippen LogP contribution < -0.4 is 0 Å². The number of carbonyl (C=O) groups excluding carboxylic acids is 2. The summed E-state index contributed by atoms with van der Waals surface area (Å²) in [7, 11) is 5.51. The first-order chi connectivity index (χ1) is 24.6. The van der Waals surface area contributed by atoms with Gasteiger partial charge in [0.1, 0.15) is 6.61 Å². The second-order valence-corrected chi connectivity index (χ2v) is 15.2. The van der Waals surface area contributed by atoms with Crippen LogP contribution in [0.3, 0.4) is 0 Å². The third kappa shape index (κ3) is 33.4. The van der Waals surface area contributed by atoms with E-state index in [1.54, 1.807) is 0 Å². The van der Waals surface area contributed by atoms with Gasteiger partial charge in [0.2, 0.25) is 0 Å². The van der Waals surface area contributed by atoms with E-state index in [9.17, 15) is 19.5 Å². The number of rotatable bonds is 37. The van der Waals surface area contributed by atoms with Gasteiger partial charge >= 0.3 is 17.9 Å². The number of carboxylic acid groups (broad SMARTS) is 1. The molecule has 0 spiro atoms. The van der Waals surface area contributed by atoms with E-state index in [4.69, 9.17) is 14.2 Å². The molecule has 298 valence electrons. The molecule has 0 aromatic rings. The van der Waals surface area contributed by atoms with E-state index < -0.39 is 18.1 Å². The molecule has 0 saturated heterocycles. The van der Waals surface area contributed by atoms with Gasteiger partial charge in [-0.1, -0.05) is 141 Å². The zero-order chi connectivity index (χ0) is 37.8. The summed E-state index contributed by atoms with van der Waals surface area (Å²) < 4.78 is 17.1. The third-order valence-electron chi connectivity index (χ3n) is 9.35. The number of nitrogens with zero attached hydrogens (tertiary/aromatic N) is 1. The highest BCUT2D eigenvalue weighted by molar-refractivity contribution is 5.72. The summed E-state index contributed by atoms with van der Waals surface area (Å²) in [5, 5.41) is 9.57. The average Bonchev–Trinajstić information content (AvgIpc) is 3.08. The molecule has 0 fully saturated rings. The highest BCUT2D eigenvalue weighted by atomic mass is 16.6. The minimum absolute atomic E-state index is 0.0506. The number of quaternary nitrogens is 1. The van der Waals surface area contributed by atoms with Crippen molar-refractivity contribution in [1.29, 1.82) is 0 Å². The van der Waals surface area contributed by atoms with Crippen LogP contribution >= 0.6 is 0 Å². The van der Waals surface area contributed by atoms with Crippen molar-refractivity contribution in [2.24, 2.45) is 0 Å². The number of aliphatic carboxylic acids is 1. The van der Waals surface area contributed by atoms with E-state index in [2.05, 4.69) is 38.2 Å². The summed E-state index contributed by atoms with van der Waals surface area (Å²) in [6, 6.07) is -0.610. The Morgan fingerprint density at radius 1 is 0.588 bits per heavy atom. The molecule has 0 amide bonds. The van der Waals surface area contributed by atoms with Crippen LogP contribution in [0.4, 0.5) is 0 Å². The Morgan fingerprint density at radius 3 is 1.51 bits per heavy atom. The molecule has 2 unspecified atom stereocenters. The minimum Gasteiger partial charge on any atom is -0.477 e. The number of esters is 2. The molecule has 0 heterocycles. The molecule has 1 N–H and O–H groups in total. The number of carboxylic acids is 1. The molecule has 2 atom stereocenters. The normalized spacial score (nSPS) is 13.2. The van der Waals surface area contributed by atoms with Crippen LogP contribution in [-0.4, -0.2) is 80.6 Å². The van der Waals surface area contributed by atoms with Gasteiger partial charge in [-0.15, -0.1) is 0 Å². The van der Waals surface area contributed by atoms with E-state index in [-0.39, 0.29) is 36.2 Å². The van der Waals surface area contributed by atoms with Crippen LogP contribution in [0.2, 0.25) is 0 Å². The lowest BCUT2D eigenvalue weighted by Gasteiger charge is -2.31. The maximum Gasteiger partial charge on any atom is 0.362 e. The zero-order valence-corrected chi connectivity index (χ0v) is 33.8. The minimum atomic E-state index is -0.876. The first-order valence-corrected chi connectivity index (χ1v) is 20.9. The van der Waals surface area contributed by atoms with Crippen LogP contribution in [0, 0.1) is 0 Å². The molecule has 0 saturated carbocycles. The van der Waals surface area contributed by atoms with Gasteiger partial charge in [-0.2, -0.15) is 0 Å². The number of ether oxygens (including phenoxy) is 3. The monoisotopic (exact) mass is 723 g/mol. The van der Waals surface area contributed by atoms with Crippen molar-refractivity contribution in [3.05, 3.63) is 24.3 Å². The molecule has 0 aliphatic carbocycles. The second kappa shape index (κ2) is 34.9. The molecular weight excluding hydrogens is 642 g/mol. The Balaban J connectivity index is 4.19. The molecule has 0 aliphatic rings. The molecule has 0 rings (SSSR count). The lowest BCUT2D eigenvalue weighted by Crippen LogP contribution is -2.50. The maximum atomic E-state index is 12.7. The Labute approximate surface area is 313 Å². The highest BCUT2D eigenvalue weighted by Gasteiger charge is 2.31. The van der Waals surface area contributed by atoms with Crippen molar-refractivity contribution < 1.29 is 38.2 Å². The van der Waals surface area contributed by atoms with Gasteiger partial charge in [0, 0.05) is 19.3 Å². The number of hydrogen-bond donors (Lipinski definition) is 1. The van der Waals surface area contributed by atoms with Crippen molar-refractivity contribution in [3.63, 3.8) is 0 Å². The van der Waals surface area contributed by atoms with Gasteiger partial charge in [0.15, 0.2) is 12.1 Å². The fourth-order valence-corrected chi connectivity index (χ4v) is 6.06. The topological polar surface area (TPSA) is 99.1 Å². The van der Waals surface area contributed by atoms with Crippen LogP contribution in [0.15, 0.2) is 24.3 Å². The van der Waals surface area contributed by atoms with Crippen LogP contribution in [0.1, 0.15) is 181 Å². The van der Waals surface area contributed by atoms with Gasteiger partial charge < -0.3 is 23.8 Å². The molecular formula is C43H80NO7+. The first-order valence-electron chi connectivity index (χ1n) is 20.9. The van der Waals surface area contributed by atoms with E-state index in [1.807, 2.05) is 21.1 Å². The van der Waals surface area contributed by atoms with Crippen molar-refractivity contribution in [3.8, 4) is 0 Å². The lowest BCUT2D eigenvalue weighted by molar-refractivity contribution is -0.887. The maximum absolute atomic E-state index is 12.7. The van der Waals surface area contributed by atoms with Crippen LogP contribution in [0.5, 0.6) is 0 Å². The smallest absolute Gasteiger partial charge is 0.362 e. The van der Waals surface area contributed by atoms with E-state index >= 15 is 0 Å². The molecule has 0 bridgehead atoms. The zero-order valence-electron chi connectivity index (χ0n) is 33.8. The van der Waals surface area contributed by atoms with Crippen molar-refractivity contribution >= 4 is 17.9 Å². The first kappa shape index (κ1) is 48.8. The van der Waals surface area contributed by atoms with Gasteiger partial charge in [-0.3, -0.25) is 9.59 Å². The number of unbranched alkanes of at least 4 members (excludes halogenated alkanes) is 19. The van der Waals surface area contributed by atoms with Crippen molar-refractivity contribution in [1.82, 2.24) is 0 Å². The molecule has 0 radical (unpaired) electrons. The number of carbonyl (C=O) groups is 3. The van der Waals surface area contributed by atoms with E-state index in [0.717, 1.165) is 44.9 Å². The average molecular weight is 723 g/mol. The SMILES string of the molecule is CCCCCCC/C=C\C/C=C\CCCCCCCCCCCC(=O)OC(COCCC(C(=O)O)[N+](C)(C)C)COC(=O)CCCCCCCC. The number of hydrogen-bond acceptors (Lipinski definition) is 6. The molecule has 0 aliphatic heterocycles. The molecule has 0 aromatic heterocycles. The Morgan fingerprint density at radius 2 is 1.04 bits per heavy atom. The number of likely N-dealkylation sites (N-methyl/N-ethyl adjacent to an activating group) is 1. The molecule has 0 aromatic carbocycles. The second-order valence-electron chi connectivity index (χ2n) is 15.2. The third-order valence-corrected chi connectivity index (χ3v) is 9.35. The standard InChI is InChI=1S/C43H79NO7/c1-6-8-10-12-14-15-16-17-18-19-20-21-22-23-24-25-26-27-28-30-32-34-42(46)51-39(37-49-36-35-40(43(47)48)44(3,4)5)38-50-41(45)33-31-29-13-11-9-7-2/h16-17,19-20,39-40H,6-15,18,21-38H2,1-5H3/p+1/b17-16-,20-19-. The van der Waals surface area contributed by atoms with Crippen LogP contribution in [0.25, 0.3) is 0 Å². The summed E-state index contributed by atoms with van der Waals surface area (Å²) in [5.74, 6) is -1.48. The molecule has 8 nitrogen and oxygen atoms in total. The fraction of sp³-hybridized carbons (Fsp3) is 0.837. The van der Waals surface area contributed by atoms with Gasteiger partial charge in [0.25, 0.3) is 0 Å². The van der Waals surface area contributed by atoms with Crippen molar-refractivity contribution in [2.45, 2.75) is 193 Å². The summed E-state index contributed by atoms with van der Waals surface area (Å²) in [6.45, 7) is 4.66. The van der Waals surface area contributed by atoms with Gasteiger partial charge in [-0.25, -0.2) is 4.79 Å². The number of allylic oxidation sites excluding steroid dienone is 4. The predicted molar refractivity (Wildman–Crippen MR) is 211 cm³/mol. The molecule has 8 heteroatoms. The lowest BCUT2D eigenvalue weighted by atomic mass is 10.1. The predicted octanol–water partition coefficient (Wildman–Crippen LogP) is 10.9. The van der Waals surface area contributed by atoms with Crippen LogP contribution in [-0.2, 0) is 28.6 Å². The summed E-state index contributed by atoms with van der Waals surface area (Å²) in [6.07, 6.45) is 36.7. The quantitative estimate of drug-likeness (QED) is 0.0295. The van der Waals surface area contributed by atoms with Gasteiger partial charge in [0.05, 0.1) is 34.4 Å². The largest absolute Gasteiger partial charge is 0.477 e. The molecule has 51 heavy (non-hydrogen) atoms.